The van der Waals surface area contributed by atoms with Crippen LogP contribution < -0.4 is 5.84 Å². The zero-order chi connectivity index (χ0) is 14.2. The maximum Gasteiger partial charge on any atom is 0.240 e. The van der Waals surface area contributed by atoms with E-state index in [1.54, 1.807) is 6.92 Å². The molecule has 2 N–H and O–H groups in total. The van der Waals surface area contributed by atoms with E-state index in [-0.39, 0.29) is 35.4 Å². The maximum atomic E-state index is 12.5. The van der Waals surface area contributed by atoms with Crippen molar-refractivity contribution in [2.75, 3.05) is 27.2 Å². The van der Waals surface area contributed by atoms with Gasteiger partial charge >= 0.3 is 0 Å². The Bertz CT molecular complexity index is 405. The van der Waals surface area contributed by atoms with E-state index in [0.717, 1.165) is 13.0 Å². The molecular weight excluding hydrogens is 242 g/mol. The summed E-state index contributed by atoms with van der Waals surface area (Å²) in [6.45, 7) is 2.80. The van der Waals surface area contributed by atoms with Gasteiger partial charge in [0.1, 0.15) is 5.78 Å². The summed E-state index contributed by atoms with van der Waals surface area (Å²) >= 11 is 0. The highest BCUT2D eigenvalue weighted by Crippen LogP contribution is 2.48. The van der Waals surface area contributed by atoms with Crippen LogP contribution >= 0.6 is 0 Å². The van der Waals surface area contributed by atoms with Gasteiger partial charge in [0.2, 0.25) is 5.91 Å². The lowest BCUT2D eigenvalue weighted by atomic mass is 9.80. The predicted molar refractivity (Wildman–Crippen MR) is 72.9 cm³/mol. The van der Waals surface area contributed by atoms with E-state index >= 15 is 0 Å². The summed E-state index contributed by atoms with van der Waals surface area (Å²) in [6, 6.07) is 0. The molecule has 0 aromatic rings. The Hall–Kier alpha value is -1.20. The van der Waals surface area contributed by atoms with E-state index < -0.39 is 0 Å². The second kappa shape index (κ2) is 5.43. The van der Waals surface area contributed by atoms with Crippen molar-refractivity contribution >= 4 is 11.7 Å². The number of nitrogens with zero attached hydrogens (tertiary/aromatic N) is 2. The highest BCUT2D eigenvalue weighted by molar-refractivity contribution is 5.89. The van der Waals surface area contributed by atoms with Gasteiger partial charge in [-0.05, 0) is 39.3 Å². The summed E-state index contributed by atoms with van der Waals surface area (Å²) in [4.78, 5) is 26.2. The fourth-order valence-corrected chi connectivity index (χ4v) is 3.32. The van der Waals surface area contributed by atoms with Crippen molar-refractivity contribution in [1.29, 1.82) is 0 Å². The molecule has 2 rings (SSSR count). The van der Waals surface area contributed by atoms with Gasteiger partial charge in [0.25, 0.3) is 0 Å². The Morgan fingerprint density at radius 3 is 2.26 bits per heavy atom. The van der Waals surface area contributed by atoms with E-state index in [0.29, 0.717) is 6.54 Å². The van der Waals surface area contributed by atoms with Gasteiger partial charge in [-0.3, -0.25) is 14.6 Å². The molecule has 4 atom stereocenters. The van der Waals surface area contributed by atoms with Crippen LogP contribution in [0, 0.1) is 23.7 Å². The van der Waals surface area contributed by atoms with Crippen LogP contribution in [0.4, 0.5) is 0 Å². The Labute approximate surface area is 114 Å². The molecule has 2 bridgehead atoms. The SMILES string of the molecule is CC(=O)[C@H]1C2C=CC(C2)C1C(=O)N(N)CCN(C)C. The molecule has 0 heterocycles. The number of hydrogen-bond acceptors (Lipinski definition) is 4. The number of allylic oxidation sites excluding steroid dienone is 2. The number of amides is 1. The van der Waals surface area contributed by atoms with Gasteiger partial charge in [-0.15, -0.1) is 0 Å². The van der Waals surface area contributed by atoms with Crippen LogP contribution in [0.5, 0.6) is 0 Å². The van der Waals surface area contributed by atoms with Gasteiger partial charge in [0.15, 0.2) is 0 Å². The minimum Gasteiger partial charge on any atom is -0.308 e. The number of Topliss-reactive ketones (excluding diaryl/α,β-unsaturated/α-hetero) is 1. The van der Waals surface area contributed by atoms with Gasteiger partial charge in [-0.1, -0.05) is 12.2 Å². The van der Waals surface area contributed by atoms with Crippen molar-refractivity contribution in [2.24, 2.45) is 29.5 Å². The molecule has 5 heteroatoms. The molecule has 0 radical (unpaired) electrons. The number of carbonyl (C=O) groups is 2. The van der Waals surface area contributed by atoms with Crippen LogP contribution in [0.2, 0.25) is 0 Å². The summed E-state index contributed by atoms with van der Waals surface area (Å²) in [5.74, 6) is 5.89. The molecule has 0 aromatic heterocycles. The first-order valence-corrected chi connectivity index (χ1v) is 6.81. The number of likely N-dealkylation sites (N-methyl/N-ethyl adjacent to an activating group) is 1. The highest BCUT2D eigenvalue weighted by Gasteiger charge is 2.50. The largest absolute Gasteiger partial charge is 0.308 e. The third-order valence-electron chi connectivity index (χ3n) is 4.29. The number of nitrogens with two attached hydrogens (primary N) is 1. The van der Waals surface area contributed by atoms with E-state index in [1.807, 2.05) is 19.0 Å². The number of rotatable bonds is 5. The highest BCUT2D eigenvalue weighted by atomic mass is 16.2. The van der Waals surface area contributed by atoms with Crippen LogP contribution in [0.25, 0.3) is 0 Å². The van der Waals surface area contributed by atoms with E-state index in [4.69, 9.17) is 5.84 Å². The van der Waals surface area contributed by atoms with Crippen molar-refractivity contribution < 1.29 is 9.59 Å². The Morgan fingerprint density at radius 2 is 1.74 bits per heavy atom. The third kappa shape index (κ3) is 2.72. The lowest BCUT2D eigenvalue weighted by Gasteiger charge is -2.29. The molecule has 0 aliphatic heterocycles. The fraction of sp³-hybridized carbons (Fsp3) is 0.714. The summed E-state index contributed by atoms with van der Waals surface area (Å²) in [5, 5.41) is 1.29. The lowest BCUT2D eigenvalue weighted by molar-refractivity contribution is -0.141. The molecule has 0 aromatic carbocycles. The molecule has 3 unspecified atom stereocenters. The molecule has 1 amide bonds. The van der Waals surface area contributed by atoms with Crippen molar-refractivity contribution in [2.45, 2.75) is 13.3 Å². The molecule has 106 valence electrons. The van der Waals surface area contributed by atoms with Crippen molar-refractivity contribution in [3.8, 4) is 0 Å². The quantitative estimate of drug-likeness (QED) is 0.335. The zero-order valence-electron chi connectivity index (χ0n) is 11.9. The Balaban J connectivity index is 2.05. The molecule has 2 aliphatic carbocycles. The van der Waals surface area contributed by atoms with Gasteiger partial charge in [-0.2, -0.15) is 0 Å². The number of hydrogen-bond donors (Lipinski definition) is 1. The monoisotopic (exact) mass is 265 g/mol. The summed E-state index contributed by atoms with van der Waals surface area (Å²) < 4.78 is 0. The van der Waals surface area contributed by atoms with Gasteiger partial charge in [-0.25, -0.2) is 5.84 Å². The molecule has 0 spiro atoms. The van der Waals surface area contributed by atoms with E-state index in [2.05, 4.69) is 12.2 Å². The van der Waals surface area contributed by atoms with Crippen LogP contribution in [0.15, 0.2) is 12.2 Å². The number of ketones is 1. The van der Waals surface area contributed by atoms with Gasteiger partial charge < -0.3 is 4.90 Å². The number of fused-ring (bicyclic) bond motifs is 2. The summed E-state index contributed by atoms with van der Waals surface area (Å²) in [5.41, 5.74) is 0. The van der Waals surface area contributed by atoms with Gasteiger partial charge in [0, 0.05) is 19.0 Å². The molecule has 0 saturated heterocycles. The number of hydrazine groups is 1. The average molecular weight is 265 g/mol. The Morgan fingerprint density at radius 1 is 1.16 bits per heavy atom. The summed E-state index contributed by atoms with van der Waals surface area (Å²) in [6.07, 6.45) is 5.08. The first kappa shape index (κ1) is 14.2. The van der Waals surface area contributed by atoms with Crippen LogP contribution in [0.3, 0.4) is 0 Å². The topological polar surface area (TPSA) is 66.6 Å². The van der Waals surface area contributed by atoms with Crippen LogP contribution in [-0.4, -0.2) is 48.8 Å². The zero-order valence-corrected chi connectivity index (χ0v) is 11.9. The normalized spacial score (nSPS) is 32.1. The first-order valence-electron chi connectivity index (χ1n) is 6.81. The number of carbonyl (C=O) groups excluding carboxylic acids is 2. The average Bonchev–Trinajstić information content (AvgIpc) is 2.94. The maximum absolute atomic E-state index is 12.5. The predicted octanol–water partition coefficient (Wildman–Crippen LogP) is 0.278. The second-order valence-electron chi connectivity index (χ2n) is 5.95. The molecule has 1 saturated carbocycles. The fourth-order valence-electron chi connectivity index (χ4n) is 3.32. The first-order chi connectivity index (χ1) is 8.91. The van der Waals surface area contributed by atoms with Crippen molar-refractivity contribution in [1.82, 2.24) is 9.91 Å². The standard InChI is InChI=1S/C14H23N3O2/c1-9(18)12-10-4-5-11(8-10)13(12)14(19)17(15)7-6-16(2)3/h4-5,10-13H,6-8,15H2,1-3H3/t10?,11?,12-,13?/m0/s1. The van der Waals surface area contributed by atoms with Crippen LogP contribution in [-0.2, 0) is 9.59 Å². The minimum absolute atomic E-state index is 0.0844. The smallest absolute Gasteiger partial charge is 0.240 e. The van der Waals surface area contributed by atoms with E-state index in [1.165, 1.54) is 5.01 Å². The molecule has 2 aliphatic rings. The van der Waals surface area contributed by atoms with Crippen molar-refractivity contribution in [3.63, 3.8) is 0 Å². The van der Waals surface area contributed by atoms with Crippen LogP contribution in [0.1, 0.15) is 13.3 Å². The van der Waals surface area contributed by atoms with E-state index in [9.17, 15) is 9.59 Å². The molecule has 19 heavy (non-hydrogen) atoms. The Kier molecular flexibility index (Phi) is 4.06. The third-order valence-corrected chi connectivity index (χ3v) is 4.29. The molecule has 5 nitrogen and oxygen atoms in total. The molecule has 1 fully saturated rings. The summed E-state index contributed by atoms with van der Waals surface area (Å²) in [7, 11) is 3.88. The molecular formula is C14H23N3O2. The van der Waals surface area contributed by atoms with Gasteiger partial charge in [0.05, 0.1) is 5.92 Å². The van der Waals surface area contributed by atoms with Crippen molar-refractivity contribution in [3.05, 3.63) is 12.2 Å². The second-order valence-corrected chi connectivity index (χ2v) is 5.95. The minimum atomic E-state index is -0.250. The lowest BCUT2D eigenvalue weighted by Crippen LogP contribution is -2.48.